The summed E-state index contributed by atoms with van der Waals surface area (Å²) in [6.45, 7) is 3.98. The number of hydrogen-bond donors (Lipinski definition) is 0. The average molecular weight is 127 g/mol. The van der Waals surface area contributed by atoms with Crippen LogP contribution in [0.4, 0.5) is 0 Å². The normalized spacial score (nSPS) is 31.9. The number of rotatable bonds is 0. The molecule has 0 saturated carbocycles. The highest BCUT2D eigenvalue weighted by molar-refractivity contribution is 4.88. The summed E-state index contributed by atoms with van der Waals surface area (Å²) in [5, 5.41) is 8.34. The topological polar surface area (TPSA) is 42.2 Å². The van der Waals surface area contributed by atoms with Crippen molar-refractivity contribution < 1.29 is 9.47 Å². The monoisotopic (exact) mass is 127 g/mol. The van der Waals surface area contributed by atoms with Crippen LogP contribution in [-0.4, -0.2) is 18.5 Å². The van der Waals surface area contributed by atoms with Crippen molar-refractivity contribution in [3.05, 3.63) is 0 Å². The molecule has 0 aromatic heterocycles. The van der Waals surface area contributed by atoms with Crippen molar-refractivity contribution in [1.82, 2.24) is 0 Å². The van der Waals surface area contributed by atoms with Gasteiger partial charge < -0.3 is 9.47 Å². The van der Waals surface area contributed by atoms with E-state index >= 15 is 0 Å². The Morgan fingerprint density at radius 3 is 2.56 bits per heavy atom. The van der Waals surface area contributed by atoms with Crippen molar-refractivity contribution in [2.75, 3.05) is 6.61 Å². The van der Waals surface area contributed by atoms with Gasteiger partial charge in [-0.3, -0.25) is 0 Å². The second-order valence-corrected chi connectivity index (χ2v) is 2.45. The van der Waals surface area contributed by atoms with Gasteiger partial charge in [0, 0.05) is 0 Å². The minimum atomic E-state index is -0.555. The molecule has 0 radical (unpaired) electrons. The van der Waals surface area contributed by atoms with Gasteiger partial charge in [0.1, 0.15) is 0 Å². The summed E-state index contributed by atoms with van der Waals surface area (Å²) in [4.78, 5) is 0. The van der Waals surface area contributed by atoms with E-state index in [0.29, 0.717) is 6.61 Å². The molecule has 9 heavy (non-hydrogen) atoms. The summed E-state index contributed by atoms with van der Waals surface area (Å²) in [5.41, 5.74) is 0. The molecule has 1 rings (SSSR count). The summed E-state index contributed by atoms with van der Waals surface area (Å²) in [5.74, 6) is -0.555. The van der Waals surface area contributed by atoms with Gasteiger partial charge in [0.2, 0.25) is 0 Å². The molecule has 3 heteroatoms. The van der Waals surface area contributed by atoms with Gasteiger partial charge in [-0.15, -0.1) is 0 Å². The Kier molecular flexibility index (Phi) is 1.43. The highest BCUT2D eigenvalue weighted by atomic mass is 16.7. The zero-order chi connectivity index (χ0) is 6.91. The molecular formula is C6H9NO2. The van der Waals surface area contributed by atoms with Crippen LogP contribution in [0.5, 0.6) is 0 Å². The first-order valence-electron chi connectivity index (χ1n) is 2.85. The van der Waals surface area contributed by atoms with Gasteiger partial charge in [-0.25, -0.2) is 0 Å². The van der Waals surface area contributed by atoms with E-state index in [9.17, 15) is 0 Å². The zero-order valence-electron chi connectivity index (χ0n) is 5.55. The van der Waals surface area contributed by atoms with Crippen LogP contribution in [0.1, 0.15) is 13.8 Å². The molecule has 50 valence electrons. The molecule has 0 aromatic carbocycles. The molecular weight excluding hydrogens is 118 g/mol. The number of nitrogens with zero attached hydrogens (tertiary/aromatic N) is 1. The molecule has 0 bridgehead atoms. The number of nitriles is 1. The van der Waals surface area contributed by atoms with E-state index in [0.717, 1.165) is 0 Å². The minimum Gasteiger partial charge on any atom is -0.347 e. The van der Waals surface area contributed by atoms with Gasteiger partial charge >= 0.3 is 0 Å². The van der Waals surface area contributed by atoms with Gasteiger partial charge in [0.25, 0.3) is 0 Å². The molecule has 1 atom stereocenters. The Labute approximate surface area is 54.2 Å². The Morgan fingerprint density at radius 1 is 1.67 bits per heavy atom. The van der Waals surface area contributed by atoms with Crippen LogP contribution < -0.4 is 0 Å². The fourth-order valence-electron chi connectivity index (χ4n) is 0.751. The molecule has 3 nitrogen and oxygen atoms in total. The van der Waals surface area contributed by atoms with Gasteiger partial charge in [-0.1, -0.05) is 0 Å². The summed E-state index contributed by atoms with van der Waals surface area (Å²) in [6, 6.07) is 1.97. The van der Waals surface area contributed by atoms with E-state index in [2.05, 4.69) is 0 Å². The smallest absolute Gasteiger partial charge is 0.170 e. The average Bonchev–Trinajstić information content (AvgIpc) is 2.10. The standard InChI is InChI=1S/C6H9NO2/c1-6(2)8-4-5(3-7)9-6/h5H,4H2,1-2H3/t5-/m0/s1. The zero-order valence-corrected chi connectivity index (χ0v) is 5.55. The SMILES string of the molecule is CC1(C)OC[C@H](C#N)O1. The van der Waals surface area contributed by atoms with Crippen molar-refractivity contribution in [3.63, 3.8) is 0 Å². The third-order valence-corrected chi connectivity index (χ3v) is 1.15. The molecule has 0 aliphatic carbocycles. The molecule has 0 spiro atoms. The predicted octanol–water partition coefficient (Wildman–Crippen LogP) is 0.661. The van der Waals surface area contributed by atoms with Crippen molar-refractivity contribution >= 4 is 0 Å². The number of hydrogen-bond acceptors (Lipinski definition) is 3. The highest BCUT2D eigenvalue weighted by Crippen LogP contribution is 2.21. The second kappa shape index (κ2) is 1.98. The first kappa shape index (κ1) is 6.53. The Balaban J connectivity index is 2.50. The van der Waals surface area contributed by atoms with Crippen LogP contribution in [-0.2, 0) is 9.47 Å². The Hall–Kier alpha value is -0.590. The van der Waals surface area contributed by atoms with E-state index < -0.39 is 5.79 Å². The van der Waals surface area contributed by atoms with Crippen molar-refractivity contribution in [2.24, 2.45) is 0 Å². The summed E-state index contributed by atoms with van der Waals surface area (Å²) in [6.07, 6.45) is -0.375. The van der Waals surface area contributed by atoms with Gasteiger partial charge in [-0.2, -0.15) is 5.26 Å². The van der Waals surface area contributed by atoms with E-state index in [1.165, 1.54) is 0 Å². The first-order valence-corrected chi connectivity index (χ1v) is 2.85. The van der Waals surface area contributed by atoms with Crippen LogP contribution >= 0.6 is 0 Å². The van der Waals surface area contributed by atoms with Crippen LogP contribution in [0.15, 0.2) is 0 Å². The highest BCUT2D eigenvalue weighted by Gasteiger charge is 2.32. The van der Waals surface area contributed by atoms with E-state index in [4.69, 9.17) is 14.7 Å². The second-order valence-electron chi connectivity index (χ2n) is 2.45. The van der Waals surface area contributed by atoms with E-state index in [1.54, 1.807) is 13.8 Å². The fraction of sp³-hybridized carbons (Fsp3) is 0.833. The molecule has 1 aliphatic rings. The summed E-state index contributed by atoms with van der Waals surface area (Å²) in [7, 11) is 0. The lowest BCUT2D eigenvalue weighted by atomic mass is 10.4. The molecule has 0 amide bonds. The Morgan fingerprint density at radius 2 is 2.33 bits per heavy atom. The van der Waals surface area contributed by atoms with Crippen molar-refractivity contribution in [1.29, 1.82) is 5.26 Å². The quantitative estimate of drug-likeness (QED) is 0.480. The van der Waals surface area contributed by atoms with Crippen LogP contribution in [0, 0.1) is 11.3 Å². The van der Waals surface area contributed by atoms with Crippen LogP contribution in [0.3, 0.4) is 0 Å². The lowest BCUT2D eigenvalue weighted by molar-refractivity contribution is -0.132. The third kappa shape index (κ3) is 1.41. The fourth-order valence-corrected chi connectivity index (χ4v) is 0.751. The maximum Gasteiger partial charge on any atom is 0.170 e. The molecule has 0 aromatic rings. The first-order chi connectivity index (χ1) is 4.14. The molecule has 0 N–H and O–H groups in total. The van der Waals surface area contributed by atoms with Crippen molar-refractivity contribution in [3.8, 4) is 6.07 Å². The van der Waals surface area contributed by atoms with Gasteiger partial charge in [0.15, 0.2) is 11.9 Å². The molecule has 0 unspecified atom stereocenters. The Bertz CT molecular complexity index is 148. The summed E-state index contributed by atoms with van der Waals surface area (Å²) >= 11 is 0. The number of ether oxygens (including phenoxy) is 2. The molecule has 1 heterocycles. The maximum atomic E-state index is 8.34. The largest absolute Gasteiger partial charge is 0.347 e. The lowest BCUT2D eigenvalue weighted by Gasteiger charge is -2.14. The van der Waals surface area contributed by atoms with E-state index in [1.807, 2.05) is 6.07 Å². The van der Waals surface area contributed by atoms with Gasteiger partial charge in [-0.05, 0) is 13.8 Å². The van der Waals surface area contributed by atoms with Crippen molar-refractivity contribution in [2.45, 2.75) is 25.7 Å². The van der Waals surface area contributed by atoms with E-state index in [-0.39, 0.29) is 6.10 Å². The lowest BCUT2D eigenvalue weighted by Crippen LogP contribution is -2.20. The molecule has 1 aliphatic heterocycles. The maximum absolute atomic E-state index is 8.34. The van der Waals surface area contributed by atoms with Crippen LogP contribution in [0.2, 0.25) is 0 Å². The van der Waals surface area contributed by atoms with Crippen LogP contribution in [0.25, 0.3) is 0 Å². The van der Waals surface area contributed by atoms with Gasteiger partial charge in [0.05, 0.1) is 12.7 Å². The minimum absolute atomic E-state index is 0.375. The third-order valence-electron chi connectivity index (χ3n) is 1.15. The predicted molar refractivity (Wildman–Crippen MR) is 30.5 cm³/mol. The molecule has 1 fully saturated rings. The molecule has 1 saturated heterocycles. The summed E-state index contributed by atoms with van der Waals surface area (Å²) < 4.78 is 10.2.